The maximum Gasteiger partial charge on any atom is 0.234 e. The molecule has 0 saturated carbocycles. The van der Waals surface area contributed by atoms with Crippen LogP contribution in [0.1, 0.15) is 5.56 Å². The van der Waals surface area contributed by atoms with Crippen molar-refractivity contribution in [1.82, 2.24) is 4.98 Å². The smallest absolute Gasteiger partial charge is 0.234 e. The molecule has 33 heavy (non-hydrogen) atoms. The molecule has 0 unspecified atom stereocenters. The van der Waals surface area contributed by atoms with E-state index in [-0.39, 0.29) is 11.7 Å². The zero-order valence-electron chi connectivity index (χ0n) is 17.3. The second kappa shape index (κ2) is 10.7. The zero-order chi connectivity index (χ0) is 23.2. The molecule has 0 spiro atoms. The maximum atomic E-state index is 12.5. The van der Waals surface area contributed by atoms with Crippen molar-refractivity contribution in [3.63, 3.8) is 0 Å². The quantitative estimate of drug-likeness (QED) is 0.261. The van der Waals surface area contributed by atoms with E-state index in [1.165, 1.54) is 11.8 Å². The minimum absolute atomic E-state index is 0.121. The molecule has 0 atom stereocenters. The van der Waals surface area contributed by atoms with Crippen molar-refractivity contribution in [3.8, 4) is 28.5 Å². The Balaban J connectivity index is 1.67. The average molecular weight is 535 g/mol. The molecule has 4 rings (SSSR count). The number of aromatic nitrogens is 1. The van der Waals surface area contributed by atoms with Crippen LogP contribution in [0, 0.1) is 11.3 Å². The number of amides is 1. The van der Waals surface area contributed by atoms with Crippen LogP contribution in [0.4, 0.5) is 5.69 Å². The Labute approximate surface area is 209 Å². The molecule has 162 valence electrons. The highest BCUT2D eigenvalue weighted by Gasteiger charge is 2.17. The van der Waals surface area contributed by atoms with Crippen molar-refractivity contribution < 1.29 is 4.79 Å². The van der Waals surface area contributed by atoms with Gasteiger partial charge in [-0.2, -0.15) is 5.26 Å². The van der Waals surface area contributed by atoms with E-state index in [0.717, 1.165) is 26.9 Å². The topological polar surface area (TPSA) is 65.8 Å². The lowest BCUT2D eigenvalue weighted by molar-refractivity contribution is -0.113. The number of carbonyl (C=O) groups excluding carboxylic acids is 1. The zero-order valence-corrected chi connectivity index (χ0v) is 20.4. The Morgan fingerprint density at radius 3 is 2.36 bits per heavy atom. The summed E-state index contributed by atoms with van der Waals surface area (Å²) in [6.45, 7) is 0. The molecule has 3 aromatic carbocycles. The lowest BCUT2D eigenvalue weighted by Crippen LogP contribution is -2.14. The summed E-state index contributed by atoms with van der Waals surface area (Å²) in [5, 5.41) is 14.0. The van der Waals surface area contributed by atoms with Gasteiger partial charge in [-0.25, -0.2) is 4.98 Å². The number of benzene rings is 3. The van der Waals surface area contributed by atoms with Crippen molar-refractivity contribution in [2.24, 2.45) is 0 Å². The lowest BCUT2D eigenvalue weighted by Gasteiger charge is -2.13. The number of nitriles is 1. The number of nitrogens with zero attached hydrogens (tertiary/aromatic N) is 2. The van der Waals surface area contributed by atoms with Crippen LogP contribution in [0.3, 0.4) is 0 Å². The van der Waals surface area contributed by atoms with Gasteiger partial charge < -0.3 is 5.32 Å². The number of carbonyl (C=O) groups is 1. The molecule has 0 saturated heterocycles. The van der Waals surface area contributed by atoms with Gasteiger partial charge in [0.1, 0.15) is 11.1 Å². The standard InChI is InChI=1S/C26H17BrClN3OS/c27-19-8-12-21(13-9-19)30-25(32)16-33-26-23(15-29)22(17-6-10-20(28)11-7-17)14-24(31-26)18-4-2-1-3-5-18/h1-14H,16H2,(H,30,32). The predicted octanol–water partition coefficient (Wildman–Crippen LogP) is 7.43. The summed E-state index contributed by atoms with van der Waals surface area (Å²) < 4.78 is 0.935. The van der Waals surface area contributed by atoms with Crippen LogP contribution in [0.5, 0.6) is 0 Å². The number of pyridine rings is 1. The van der Waals surface area contributed by atoms with E-state index in [9.17, 15) is 10.1 Å². The fourth-order valence-electron chi connectivity index (χ4n) is 3.21. The SMILES string of the molecule is N#Cc1c(-c2ccc(Cl)cc2)cc(-c2ccccc2)nc1SCC(=O)Nc1ccc(Br)cc1. The van der Waals surface area contributed by atoms with Crippen LogP contribution in [0.25, 0.3) is 22.4 Å². The van der Waals surface area contributed by atoms with Gasteiger partial charge in [0.15, 0.2) is 0 Å². The monoisotopic (exact) mass is 533 g/mol. The van der Waals surface area contributed by atoms with Gasteiger partial charge in [-0.05, 0) is 48.0 Å². The van der Waals surface area contributed by atoms with E-state index < -0.39 is 0 Å². The molecule has 1 N–H and O–H groups in total. The second-order valence-electron chi connectivity index (χ2n) is 7.06. The predicted molar refractivity (Wildman–Crippen MR) is 138 cm³/mol. The van der Waals surface area contributed by atoms with Gasteiger partial charge in [0, 0.05) is 26.3 Å². The summed E-state index contributed by atoms with van der Waals surface area (Å²) in [4.78, 5) is 17.3. The third-order valence-corrected chi connectivity index (χ3v) is 6.55. The number of hydrogen-bond donors (Lipinski definition) is 1. The highest BCUT2D eigenvalue weighted by molar-refractivity contribution is 9.10. The summed E-state index contributed by atoms with van der Waals surface area (Å²) in [5.41, 5.74) is 4.40. The molecule has 0 aliphatic heterocycles. The van der Waals surface area contributed by atoms with E-state index >= 15 is 0 Å². The van der Waals surface area contributed by atoms with Gasteiger partial charge in [0.25, 0.3) is 0 Å². The molecule has 0 bridgehead atoms. The second-order valence-corrected chi connectivity index (χ2v) is 9.38. The summed E-state index contributed by atoms with van der Waals surface area (Å²) in [6.07, 6.45) is 0. The Hall–Kier alpha value is -3.11. The van der Waals surface area contributed by atoms with Gasteiger partial charge in [0.2, 0.25) is 5.91 Å². The van der Waals surface area contributed by atoms with Gasteiger partial charge in [-0.15, -0.1) is 0 Å². The average Bonchev–Trinajstić information content (AvgIpc) is 2.84. The molecule has 0 aliphatic carbocycles. The Morgan fingerprint density at radius 2 is 1.70 bits per heavy atom. The summed E-state index contributed by atoms with van der Waals surface area (Å²) >= 11 is 10.7. The minimum Gasteiger partial charge on any atom is -0.325 e. The number of anilines is 1. The van der Waals surface area contributed by atoms with Gasteiger partial charge in [0.05, 0.1) is 17.0 Å². The molecule has 0 fully saturated rings. The molecule has 7 heteroatoms. The third-order valence-electron chi connectivity index (χ3n) is 4.79. The van der Waals surface area contributed by atoms with E-state index in [1.54, 1.807) is 12.1 Å². The van der Waals surface area contributed by atoms with Gasteiger partial charge >= 0.3 is 0 Å². The Bertz CT molecular complexity index is 1320. The van der Waals surface area contributed by atoms with Crippen LogP contribution in [-0.2, 0) is 4.79 Å². The van der Waals surface area contributed by atoms with Crippen molar-refractivity contribution >= 4 is 50.9 Å². The van der Waals surface area contributed by atoms with Crippen LogP contribution in [0.2, 0.25) is 5.02 Å². The normalized spacial score (nSPS) is 10.5. The summed E-state index contributed by atoms with van der Waals surface area (Å²) in [5.74, 6) is -0.0538. The van der Waals surface area contributed by atoms with Crippen LogP contribution in [-0.4, -0.2) is 16.6 Å². The summed E-state index contributed by atoms with van der Waals surface area (Å²) in [6, 6.07) is 28.6. The van der Waals surface area contributed by atoms with Crippen molar-refractivity contribution in [3.05, 3.63) is 100.0 Å². The number of thioether (sulfide) groups is 1. The van der Waals surface area contributed by atoms with E-state index in [2.05, 4.69) is 27.3 Å². The van der Waals surface area contributed by atoms with Crippen LogP contribution >= 0.6 is 39.3 Å². The molecular formula is C26H17BrClN3OS. The third kappa shape index (κ3) is 5.82. The minimum atomic E-state index is -0.175. The van der Waals surface area contributed by atoms with E-state index in [0.29, 0.717) is 21.3 Å². The highest BCUT2D eigenvalue weighted by atomic mass is 79.9. The lowest BCUT2D eigenvalue weighted by atomic mass is 9.99. The first kappa shape index (κ1) is 23.1. The fourth-order valence-corrected chi connectivity index (χ4v) is 4.41. The molecule has 4 nitrogen and oxygen atoms in total. The molecule has 4 aromatic rings. The first-order valence-electron chi connectivity index (χ1n) is 9.98. The molecule has 1 amide bonds. The van der Waals surface area contributed by atoms with Crippen molar-refractivity contribution in [2.75, 3.05) is 11.1 Å². The number of hydrogen-bond acceptors (Lipinski definition) is 4. The maximum absolute atomic E-state index is 12.5. The highest BCUT2D eigenvalue weighted by Crippen LogP contribution is 2.34. The van der Waals surface area contributed by atoms with Crippen LogP contribution < -0.4 is 5.32 Å². The fraction of sp³-hybridized carbons (Fsp3) is 0.0385. The number of nitrogens with one attached hydrogen (secondary N) is 1. The number of rotatable bonds is 6. The van der Waals surface area contributed by atoms with Crippen molar-refractivity contribution in [1.29, 1.82) is 5.26 Å². The molecule has 0 aliphatic rings. The number of halogens is 2. The molecule has 0 radical (unpaired) electrons. The first-order chi connectivity index (χ1) is 16.0. The van der Waals surface area contributed by atoms with Gasteiger partial charge in [-0.1, -0.05) is 81.8 Å². The van der Waals surface area contributed by atoms with E-state index in [1.807, 2.05) is 72.8 Å². The largest absolute Gasteiger partial charge is 0.325 e. The van der Waals surface area contributed by atoms with Crippen molar-refractivity contribution in [2.45, 2.75) is 5.03 Å². The molecular weight excluding hydrogens is 518 g/mol. The first-order valence-corrected chi connectivity index (χ1v) is 12.1. The van der Waals surface area contributed by atoms with Crippen LogP contribution in [0.15, 0.2) is 94.4 Å². The molecule has 1 aromatic heterocycles. The Morgan fingerprint density at radius 1 is 1.00 bits per heavy atom. The molecule has 1 heterocycles. The Kier molecular flexibility index (Phi) is 7.46. The van der Waals surface area contributed by atoms with Gasteiger partial charge in [-0.3, -0.25) is 4.79 Å². The van der Waals surface area contributed by atoms with E-state index in [4.69, 9.17) is 16.6 Å². The summed E-state index contributed by atoms with van der Waals surface area (Å²) in [7, 11) is 0.